The minimum absolute atomic E-state index is 0.0944. The summed E-state index contributed by atoms with van der Waals surface area (Å²) in [4.78, 5) is 27.8. The number of carbonyl (C=O) groups excluding carboxylic acids is 1. The van der Waals surface area contributed by atoms with Gasteiger partial charge in [0.15, 0.2) is 5.76 Å². The molecule has 134 valence electrons. The minimum atomic E-state index is -0.558. The highest BCUT2D eigenvalue weighted by Gasteiger charge is 2.16. The Kier molecular flexibility index (Phi) is 3.97. The van der Waals surface area contributed by atoms with Gasteiger partial charge in [-0.25, -0.2) is 4.98 Å². The quantitative estimate of drug-likeness (QED) is 0.583. The lowest BCUT2D eigenvalue weighted by Crippen LogP contribution is -2.07. The van der Waals surface area contributed by atoms with Crippen LogP contribution in [0.2, 0.25) is 0 Å². The third-order valence-electron chi connectivity index (χ3n) is 4.12. The largest absolute Gasteiger partial charge is 0.502 e. The minimum Gasteiger partial charge on any atom is -0.502 e. The molecule has 2 heterocycles. The number of nitrogens with one attached hydrogen (secondary N) is 1. The first-order valence-electron chi connectivity index (χ1n) is 8.19. The second-order valence-electron chi connectivity index (χ2n) is 6.02. The maximum atomic E-state index is 12.6. The zero-order valence-corrected chi connectivity index (χ0v) is 14.3. The van der Waals surface area contributed by atoms with E-state index in [9.17, 15) is 14.7 Å². The molecule has 0 unspecified atom stereocenters. The van der Waals surface area contributed by atoms with Crippen LogP contribution < -0.4 is 10.7 Å². The monoisotopic (exact) mass is 361 g/mol. The highest BCUT2D eigenvalue weighted by molar-refractivity contribution is 5.92. The fourth-order valence-electron chi connectivity index (χ4n) is 2.86. The van der Waals surface area contributed by atoms with Crippen molar-refractivity contribution in [1.82, 2.24) is 9.55 Å². The summed E-state index contributed by atoms with van der Waals surface area (Å²) in [5.41, 5.74) is 1.68. The first-order valence-corrected chi connectivity index (χ1v) is 8.19. The molecule has 27 heavy (non-hydrogen) atoms. The van der Waals surface area contributed by atoms with E-state index >= 15 is 0 Å². The summed E-state index contributed by atoms with van der Waals surface area (Å²) >= 11 is 0. The Bertz CT molecular complexity index is 1190. The summed E-state index contributed by atoms with van der Waals surface area (Å²) in [6.07, 6.45) is 5.17. The van der Waals surface area contributed by atoms with Crippen LogP contribution in [0, 0.1) is 0 Å². The fourth-order valence-corrected chi connectivity index (χ4v) is 2.86. The van der Waals surface area contributed by atoms with Crippen LogP contribution in [-0.2, 0) is 4.79 Å². The van der Waals surface area contributed by atoms with E-state index in [4.69, 9.17) is 4.42 Å². The molecule has 2 aromatic carbocycles. The third-order valence-corrected chi connectivity index (χ3v) is 4.12. The predicted octanol–water partition coefficient (Wildman–Crippen LogP) is 3.31. The molecule has 0 bridgehead atoms. The number of nitrogens with zero attached hydrogens (tertiary/aromatic N) is 2. The normalized spacial score (nSPS) is 10.9. The molecule has 4 aromatic rings. The number of anilines is 1. The van der Waals surface area contributed by atoms with E-state index < -0.39 is 11.2 Å². The summed E-state index contributed by atoms with van der Waals surface area (Å²) in [6, 6.07) is 11.9. The van der Waals surface area contributed by atoms with Gasteiger partial charge in [-0.15, -0.1) is 0 Å². The number of hydrogen-bond acceptors (Lipinski definition) is 5. The zero-order valence-electron chi connectivity index (χ0n) is 14.3. The lowest BCUT2D eigenvalue weighted by molar-refractivity contribution is -0.114. The molecule has 0 aliphatic heterocycles. The summed E-state index contributed by atoms with van der Waals surface area (Å²) in [5, 5.41) is 13.2. The van der Waals surface area contributed by atoms with Crippen molar-refractivity contribution in [1.29, 1.82) is 0 Å². The van der Waals surface area contributed by atoms with Crippen LogP contribution in [0.5, 0.6) is 5.75 Å². The highest BCUT2D eigenvalue weighted by atomic mass is 16.4. The van der Waals surface area contributed by atoms with Gasteiger partial charge in [-0.05, 0) is 42.5 Å². The number of fused-ring (bicyclic) bond motifs is 1. The number of carbonyl (C=O) groups is 1. The van der Waals surface area contributed by atoms with Crippen molar-refractivity contribution in [2.75, 3.05) is 5.32 Å². The van der Waals surface area contributed by atoms with Crippen molar-refractivity contribution in [2.45, 2.75) is 6.92 Å². The molecule has 0 saturated heterocycles. The van der Waals surface area contributed by atoms with Crippen molar-refractivity contribution in [2.24, 2.45) is 0 Å². The molecule has 0 aliphatic rings. The Morgan fingerprint density at radius 3 is 2.63 bits per heavy atom. The molecular formula is C20H15N3O4. The molecule has 7 nitrogen and oxygen atoms in total. The Morgan fingerprint density at radius 2 is 1.96 bits per heavy atom. The smallest absolute Gasteiger partial charge is 0.235 e. The molecule has 0 radical (unpaired) electrons. The average molecular weight is 361 g/mol. The van der Waals surface area contributed by atoms with Crippen LogP contribution in [0.3, 0.4) is 0 Å². The first-order chi connectivity index (χ1) is 13.0. The van der Waals surface area contributed by atoms with Crippen LogP contribution in [0.4, 0.5) is 5.69 Å². The number of benzene rings is 2. The molecule has 0 spiro atoms. The second kappa shape index (κ2) is 6.45. The van der Waals surface area contributed by atoms with E-state index in [1.165, 1.54) is 13.0 Å². The van der Waals surface area contributed by atoms with Crippen molar-refractivity contribution >= 4 is 22.6 Å². The molecule has 0 saturated carbocycles. The van der Waals surface area contributed by atoms with Crippen LogP contribution in [0.25, 0.3) is 28.0 Å². The van der Waals surface area contributed by atoms with Gasteiger partial charge < -0.3 is 19.4 Å². The first kappa shape index (κ1) is 16.6. The Hall–Kier alpha value is -3.87. The molecule has 0 fully saturated rings. The van der Waals surface area contributed by atoms with E-state index in [0.29, 0.717) is 16.8 Å². The number of aromatic hydroxyl groups is 1. The molecule has 7 heteroatoms. The van der Waals surface area contributed by atoms with Gasteiger partial charge in [-0.1, -0.05) is 0 Å². The number of amides is 1. The lowest BCUT2D eigenvalue weighted by atomic mass is 10.1. The van der Waals surface area contributed by atoms with Gasteiger partial charge in [0.2, 0.25) is 17.1 Å². The second-order valence-corrected chi connectivity index (χ2v) is 6.02. The SMILES string of the molecule is CC(=O)Nc1ccc2oc(-c3ccc(-n4ccnc4)cc3)c(O)c(=O)c2c1. The number of aromatic nitrogens is 2. The van der Waals surface area contributed by atoms with Gasteiger partial charge >= 0.3 is 0 Å². The molecule has 4 rings (SSSR count). The van der Waals surface area contributed by atoms with Gasteiger partial charge in [-0.2, -0.15) is 0 Å². The van der Waals surface area contributed by atoms with Crippen LogP contribution in [-0.4, -0.2) is 20.6 Å². The molecular weight excluding hydrogens is 346 g/mol. The molecule has 2 N–H and O–H groups in total. The summed E-state index contributed by atoms with van der Waals surface area (Å²) in [7, 11) is 0. The number of hydrogen-bond donors (Lipinski definition) is 2. The van der Waals surface area contributed by atoms with Gasteiger partial charge in [0.05, 0.1) is 11.7 Å². The van der Waals surface area contributed by atoms with Gasteiger partial charge in [0, 0.05) is 36.3 Å². The molecule has 2 aromatic heterocycles. The zero-order chi connectivity index (χ0) is 19.0. The fraction of sp³-hybridized carbons (Fsp3) is 0.0500. The Labute approximate surface area is 153 Å². The Balaban J connectivity index is 1.79. The third kappa shape index (κ3) is 3.06. The summed E-state index contributed by atoms with van der Waals surface area (Å²) in [6.45, 7) is 1.38. The topological polar surface area (TPSA) is 97.4 Å². The Morgan fingerprint density at radius 1 is 1.19 bits per heavy atom. The van der Waals surface area contributed by atoms with Crippen LogP contribution in [0.15, 0.2) is 70.4 Å². The van der Waals surface area contributed by atoms with Gasteiger partial charge in [0.1, 0.15) is 5.58 Å². The van der Waals surface area contributed by atoms with E-state index in [0.717, 1.165) is 5.69 Å². The van der Waals surface area contributed by atoms with E-state index in [1.54, 1.807) is 36.8 Å². The maximum Gasteiger partial charge on any atom is 0.235 e. The van der Waals surface area contributed by atoms with E-state index in [1.807, 2.05) is 22.9 Å². The van der Waals surface area contributed by atoms with E-state index in [2.05, 4.69) is 10.3 Å². The molecule has 0 aliphatic carbocycles. The van der Waals surface area contributed by atoms with Crippen LogP contribution in [0.1, 0.15) is 6.92 Å². The highest BCUT2D eigenvalue weighted by Crippen LogP contribution is 2.31. The standard InChI is InChI=1S/C20H15N3O4/c1-12(24)22-14-4-7-17-16(10-14)18(25)19(26)20(27-17)13-2-5-15(6-3-13)23-9-8-21-11-23/h2-11,26H,1H3,(H,22,24). The molecule has 1 amide bonds. The van der Waals surface area contributed by atoms with Crippen LogP contribution >= 0.6 is 0 Å². The van der Waals surface area contributed by atoms with Crippen molar-refractivity contribution < 1.29 is 14.3 Å². The van der Waals surface area contributed by atoms with Gasteiger partial charge in [0.25, 0.3) is 0 Å². The summed E-state index contributed by atoms with van der Waals surface area (Å²) < 4.78 is 7.61. The maximum absolute atomic E-state index is 12.6. The van der Waals surface area contributed by atoms with Crippen molar-refractivity contribution in [3.8, 4) is 22.8 Å². The summed E-state index contributed by atoms with van der Waals surface area (Å²) in [5.74, 6) is -0.632. The average Bonchev–Trinajstić information content (AvgIpc) is 3.19. The predicted molar refractivity (Wildman–Crippen MR) is 101 cm³/mol. The van der Waals surface area contributed by atoms with E-state index in [-0.39, 0.29) is 17.1 Å². The number of imidazole rings is 1. The van der Waals surface area contributed by atoms with Crippen molar-refractivity contribution in [3.05, 3.63) is 71.4 Å². The molecule has 0 atom stereocenters. The van der Waals surface area contributed by atoms with Crippen molar-refractivity contribution in [3.63, 3.8) is 0 Å². The van der Waals surface area contributed by atoms with Gasteiger partial charge in [-0.3, -0.25) is 9.59 Å². The lowest BCUT2D eigenvalue weighted by Gasteiger charge is -2.09. The number of rotatable bonds is 3.